The van der Waals surface area contributed by atoms with Crippen molar-refractivity contribution < 1.29 is 20.1 Å². The lowest BCUT2D eigenvalue weighted by atomic mass is 10.2. The second-order valence-corrected chi connectivity index (χ2v) is 5.34. The molecule has 0 amide bonds. The zero-order chi connectivity index (χ0) is 18.3. The van der Waals surface area contributed by atoms with Gasteiger partial charge in [0.05, 0.1) is 5.69 Å². The average molecular weight is 335 g/mol. The number of benzene rings is 2. The molecular formula is C17H25N3O4. The highest BCUT2D eigenvalue weighted by atomic mass is 16.6. The normalized spacial score (nSPS) is 12.5. The molecule has 0 bridgehead atoms. The number of nitrogen functional groups attached to an aromatic ring is 2. The average Bonchev–Trinajstić information content (AvgIpc) is 2.46. The Morgan fingerprint density at radius 2 is 1.71 bits per heavy atom. The maximum Gasteiger partial charge on any atom is 0.194 e. The number of ether oxygens (including phenoxy) is 1. The van der Waals surface area contributed by atoms with Gasteiger partial charge in [-0.05, 0) is 50.6 Å². The SMILES string of the molecule is CC(O)Oc1ccc(N)cc1N.Cc1ccc(NC(C)O)cc1O. The molecule has 7 nitrogen and oxygen atoms in total. The van der Waals surface area contributed by atoms with Gasteiger partial charge in [0.15, 0.2) is 6.29 Å². The number of phenols is 1. The minimum atomic E-state index is -0.865. The molecule has 8 N–H and O–H groups in total. The lowest BCUT2D eigenvalue weighted by Crippen LogP contribution is -2.12. The summed E-state index contributed by atoms with van der Waals surface area (Å²) < 4.78 is 4.97. The van der Waals surface area contributed by atoms with Crippen LogP contribution in [0.2, 0.25) is 0 Å². The van der Waals surface area contributed by atoms with Crippen molar-refractivity contribution in [2.45, 2.75) is 33.3 Å². The van der Waals surface area contributed by atoms with Gasteiger partial charge < -0.3 is 36.8 Å². The molecule has 0 heterocycles. The molecule has 132 valence electrons. The number of nitrogens with two attached hydrogens (primary N) is 2. The quantitative estimate of drug-likeness (QED) is 0.372. The molecule has 2 unspecified atom stereocenters. The summed E-state index contributed by atoms with van der Waals surface area (Å²) >= 11 is 0. The van der Waals surface area contributed by atoms with Crippen molar-refractivity contribution in [2.75, 3.05) is 16.8 Å². The molecule has 2 rings (SSSR count). The summed E-state index contributed by atoms with van der Waals surface area (Å²) in [5.74, 6) is 0.680. The standard InChI is InChI=1S/C9H13NO2.C8H12N2O2/c1-6-3-4-8(5-9(6)12)10-7(2)11;1-5(11)12-8-3-2-6(9)4-7(8)10/h3-5,7,10-12H,1-2H3;2-5,11H,9-10H2,1H3. The van der Waals surface area contributed by atoms with E-state index in [0.29, 0.717) is 22.8 Å². The van der Waals surface area contributed by atoms with Crippen LogP contribution in [0.4, 0.5) is 17.1 Å². The summed E-state index contributed by atoms with van der Waals surface area (Å²) in [7, 11) is 0. The molecule has 0 aromatic heterocycles. The van der Waals surface area contributed by atoms with Gasteiger partial charge in [-0.15, -0.1) is 0 Å². The van der Waals surface area contributed by atoms with Crippen LogP contribution in [-0.2, 0) is 0 Å². The zero-order valence-electron chi connectivity index (χ0n) is 14.0. The number of aromatic hydroxyl groups is 1. The van der Waals surface area contributed by atoms with Crippen molar-refractivity contribution in [2.24, 2.45) is 0 Å². The fourth-order valence-corrected chi connectivity index (χ4v) is 1.80. The Balaban J connectivity index is 0.000000240. The van der Waals surface area contributed by atoms with Crippen molar-refractivity contribution in [1.29, 1.82) is 0 Å². The molecule has 0 radical (unpaired) electrons. The van der Waals surface area contributed by atoms with Gasteiger partial charge in [0.2, 0.25) is 0 Å². The van der Waals surface area contributed by atoms with Gasteiger partial charge in [-0.25, -0.2) is 0 Å². The summed E-state index contributed by atoms with van der Waals surface area (Å²) in [6.07, 6.45) is -1.47. The van der Waals surface area contributed by atoms with Crippen molar-refractivity contribution in [3.05, 3.63) is 42.0 Å². The summed E-state index contributed by atoms with van der Waals surface area (Å²) in [6.45, 7) is 4.95. The van der Waals surface area contributed by atoms with E-state index in [-0.39, 0.29) is 5.75 Å². The summed E-state index contributed by atoms with van der Waals surface area (Å²) in [5.41, 5.74) is 13.6. The summed E-state index contributed by atoms with van der Waals surface area (Å²) in [4.78, 5) is 0. The lowest BCUT2D eigenvalue weighted by molar-refractivity contribution is 0.000280. The maximum absolute atomic E-state index is 9.29. The first-order chi connectivity index (χ1) is 11.2. The van der Waals surface area contributed by atoms with Crippen LogP contribution in [0.15, 0.2) is 36.4 Å². The second kappa shape index (κ2) is 8.85. The first kappa shape index (κ1) is 19.4. The molecule has 0 spiro atoms. The number of hydrogen-bond acceptors (Lipinski definition) is 7. The van der Waals surface area contributed by atoms with Crippen LogP contribution >= 0.6 is 0 Å². The van der Waals surface area contributed by atoms with Crippen molar-refractivity contribution >= 4 is 17.1 Å². The van der Waals surface area contributed by atoms with Crippen molar-refractivity contribution in [3.63, 3.8) is 0 Å². The lowest BCUT2D eigenvalue weighted by Gasteiger charge is -2.10. The highest BCUT2D eigenvalue weighted by Crippen LogP contribution is 2.24. The third kappa shape index (κ3) is 6.64. The smallest absolute Gasteiger partial charge is 0.194 e. The van der Waals surface area contributed by atoms with E-state index in [1.54, 1.807) is 37.3 Å². The first-order valence-electron chi connectivity index (χ1n) is 7.43. The molecule has 2 atom stereocenters. The third-order valence-corrected chi connectivity index (χ3v) is 2.92. The molecule has 0 aliphatic rings. The number of aryl methyl sites for hydroxylation is 1. The van der Waals surface area contributed by atoms with Crippen LogP contribution in [0.25, 0.3) is 0 Å². The van der Waals surface area contributed by atoms with Gasteiger partial charge in [-0.3, -0.25) is 0 Å². The molecular weight excluding hydrogens is 310 g/mol. The van der Waals surface area contributed by atoms with E-state index in [1.807, 2.05) is 13.0 Å². The third-order valence-electron chi connectivity index (χ3n) is 2.92. The fraction of sp³-hybridized carbons (Fsp3) is 0.294. The molecule has 0 fully saturated rings. The Hall–Kier alpha value is -2.64. The van der Waals surface area contributed by atoms with E-state index in [0.717, 1.165) is 5.56 Å². The Kier molecular flexibility index (Phi) is 7.16. The van der Waals surface area contributed by atoms with E-state index in [9.17, 15) is 5.11 Å². The molecule has 2 aromatic carbocycles. The molecule has 2 aromatic rings. The Bertz CT molecular complexity index is 660. The molecule has 0 saturated heterocycles. The number of aliphatic hydroxyl groups is 2. The Morgan fingerprint density at radius 1 is 1.04 bits per heavy atom. The van der Waals surface area contributed by atoms with Crippen LogP contribution in [0.5, 0.6) is 11.5 Å². The number of aliphatic hydroxyl groups excluding tert-OH is 2. The van der Waals surface area contributed by atoms with Crippen LogP contribution in [0.1, 0.15) is 19.4 Å². The predicted octanol–water partition coefficient (Wildman–Crippen LogP) is 2.02. The molecule has 24 heavy (non-hydrogen) atoms. The topological polar surface area (TPSA) is 134 Å². The van der Waals surface area contributed by atoms with E-state index < -0.39 is 12.5 Å². The Labute approximate surface area is 141 Å². The van der Waals surface area contributed by atoms with E-state index >= 15 is 0 Å². The molecule has 0 saturated carbocycles. The minimum absolute atomic E-state index is 0.237. The summed E-state index contributed by atoms with van der Waals surface area (Å²) in [5, 5.41) is 29.9. The number of anilines is 3. The van der Waals surface area contributed by atoms with Crippen LogP contribution < -0.4 is 21.5 Å². The number of nitrogens with one attached hydrogen (secondary N) is 1. The molecule has 7 heteroatoms. The highest BCUT2D eigenvalue weighted by molar-refractivity contribution is 5.60. The van der Waals surface area contributed by atoms with Crippen LogP contribution in [0, 0.1) is 6.92 Å². The predicted molar refractivity (Wildman–Crippen MR) is 95.7 cm³/mol. The van der Waals surface area contributed by atoms with Gasteiger partial charge in [0, 0.05) is 17.4 Å². The monoisotopic (exact) mass is 335 g/mol. The largest absolute Gasteiger partial charge is 0.508 e. The van der Waals surface area contributed by atoms with Gasteiger partial charge in [-0.2, -0.15) is 0 Å². The van der Waals surface area contributed by atoms with E-state index in [4.69, 9.17) is 26.4 Å². The van der Waals surface area contributed by atoms with E-state index in [1.165, 1.54) is 6.92 Å². The van der Waals surface area contributed by atoms with Gasteiger partial charge in [0.1, 0.15) is 17.7 Å². The van der Waals surface area contributed by atoms with Crippen LogP contribution in [-0.4, -0.2) is 27.8 Å². The van der Waals surface area contributed by atoms with Gasteiger partial charge in [0.25, 0.3) is 0 Å². The summed E-state index contributed by atoms with van der Waals surface area (Å²) in [6, 6.07) is 10.0. The number of phenolic OH excluding ortho intramolecular Hbond substituents is 1. The minimum Gasteiger partial charge on any atom is -0.508 e. The molecule has 0 aliphatic heterocycles. The maximum atomic E-state index is 9.29. The highest BCUT2D eigenvalue weighted by Gasteiger charge is 2.02. The number of rotatable bonds is 4. The second-order valence-electron chi connectivity index (χ2n) is 5.34. The zero-order valence-corrected chi connectivity index (χ0v) is 14.0. The Morgan fingerprint density at radius 3 is 2.21 bits per heavy atom. The van der Waals surface area contributed by atoms with Crippen molar-refractivity contribution in [1.82, 2.24) is 0 Å². The number of hydrogen-bond donors (Lipinski definition) is 6. The van der Waals surface area contributed by atoms with Gasteiger partial charge in [-0.1, -0.05) is 6.07 Å². The van der Waals surface area contributed by atoms with Gasteiger partial charge >= 0.3 is 0 Å². The van der Waals surface area contributed by atoms with Crippen LogP contribution in [0.3, 0.4) is 0 Å². The molecule has 0 aliphatic carbocycles. The fourth-order valence-electron chi connectivity index (χ4n) is 1.80. The van der Waals surface area contributed by atoms with E-state index in [2.05, 4.69) is 5.32 Å². The first-order valence-corrected chi connectivity index (χ1v) is 7.43. The van der Waals surface area contributed by atoms with Crippen molar-refractivity contribution in [3.8, 4) is 11.5 Å².